The number of sulfonamides is 1. The number of nitrogens with one attached hydrogen (secondary N) is 2. The smallest absolute Gasteiger partial charge is 0.260 e. The molecule has 1 aromatic rings. The van der Waals surface area contributed by atoms with Crippen molar-refractivity contribution in [1.29, 1.82) is 0 Å². The van der Waals surface area contributed by atoms with Crippen molar-refractivity contribution in [3.05, 3.63) is 18.3 Å². The number of rotatable bonds is 7. The van der Waals surface area contributed by atoms with Crippen molar-refractivity contribution in [2.24, 2.45) is 23.6 Å². The summed E-state index contributed by atoms with van der Waals surface area (Å²) in [6.45, 7) is 0.512. The van der Waals surface area contributed by atoms with Crippen LogP contribution in [0.25, 0.3) is 0 Å². The summed E-state index contributed by atoms with van der Waals surface area (Å²) in [7, 11) is -3.61. The van der Waals surface area contributed by atoms with Crippen molar-refractivity contribution in [2.75, 3.05) is 12.0 Å². The molecule has 0 aromatic carbocycles. The third kappa shape index (κ3) is 2.94. The molecule has 3 rings (SSSR count). The lowest BCUT2D eigenvalue weighted by Gasteiger charge is -2.16. The molecule has 0 atom stereocenters. The average Bonchev–Trinajstić information content (AvgIpc) is 3.32. The van der Waals surface area contributed by atoms with Gasteiger partial charge in [0, 0.05) is 12.7 Å². The molecule has 1 aromatic heterocycles. The molecule has 110 valence electrons. The van der Waals surface area contributed by atoms with Crippen LogP contribution >= 0.6 is 0 Å². The zero-order valence-corrected chi connectivity index (χ0v) is 12.1. The van der Waals surface area contributed by atoms with E-state index < -0.39 is 10.0 Å². The first-order valence-electron chi connectivity index (χ1n) is 7.03. The average molecular weight is 296 g/mol. The van der Waals surface area contributed by atoms with E-state index in [2.05, 4.69) is 15.1 Å². The highest BCUT2D eigenvalue weighted by molar-refractivity contribution is 7.89. The minimum absolute atomic E-state index is 0.0344. The van der Waals surface area contributed by atoms with Gasteiger partial charge in [-0.2, -0.15) is 0 Å². The number of anilines is 1. The van der Waals surface area contributed by atoms with Gasteiger partial charge in [0.05, 0.1) is 5.69 Å². The molecule has 20 heavy (non-hydrogen) atoms. The normalized spacial score (nSPS) is 19.3. The summed E-state index contributed by atoms with van der Waals surface area (Å²) in [5.41, 5.74) is 2.69. The molecule has 2 aliphatic carbocycles. The zero-order valence-electron chi connectivity index (χ0n) is 11.2. The second-order valence-corrected chi connectivity index (χ2v) is 7.37. The fraction of sp³-hybridized carbons (Fsp3) is 0.615. The monoisotopic (exact) mass is 296 g/mol. The second-order valence-electron chi connectivity index (χ2n) is 5.69. The molecule has 2 fully saturated rings. The van der Waals surface area contributed by atoms with E-state index in [1.165, 1.54) is 31.9 Å². The van der Waals surface area contributed by atoms with E-state index in [1.54, 1.807) is 12.1 Å². The Morgan fingerprint density at radius 3 is 2.50 bits per heavy atom. The maximum absolute atomic E-state index is 12.3. The van der Waals surface area contributed by atoms with Crippen LogP contribution in [0.5, 0.6) is 0 Å². The van der Waals surface area contributed by atoms with Crippen molar-refractivity contribution in [1.82, 2.24) is 9.71 Å². The van der Waals surface area contributed by atoms with Crippen LogP contribution in [0.3, 0.4) is 0 Å². The summed E-state index contributed by atoms with van der Waals surface area (Å²) in [4.78, 5) is 3.93. The van der Waals surface area contributed by atoms with Gasteiger partial charge in [-0.05, 0) is 55.6 Å². The van der Waals surface area contributed by atoms with Crippen LogP contribution in [0.1, 0.15) is 25.7 Å². The quantitative estimate of drug-likeness (QED) is 0.517. The van der Waals surface area contributed by atoms with Crippen molar-refractivity contribution in [2.45, 2.75) is 30.7 Å². The van der Waals surface area contributed by atoms with Gasteiger partial charge in [-0.25, -0.2) is 18.1 Å². The van der Waals surface area contributed by atoms with E-state index in [-0.39, 0.29) is 5.03 Å². The van der Waals surface area contributed by atoms with Gasteiger partial charge in [0.25, 0.3) is 10.0 Å². The SMILES string of the molecule is NNc1cccnc1S(=O)(=O)NCC(C1CC1)C1CC1. The molecule has 4 N–H and O–H groups in total. The van der Waals surface area contributed by atoms with Crippen LogP contribution < -0.4 is 16.0 Å². The Bertz CT molecular complexity index is 570. The first-order valence-corrected chi connectivity index (χ1v) is 8.51. The highest BCUT2D eigenvalue weighted by atomic mass is 32.2. The Balaban J connectivity index is 1.71. The van der Waals surface area contributed by atoms with Crippen molar-refractivity contribution < 1.29 is 8.42 Å². The minimum Gasteiger partial charge on any atom is -0.321 e. The third-order valence-electron chi connectivity index (χ3n) is 4.15. The summed E-state index contributed by atoms with van der Waals surface area (Å²) in [6, 6.07) is 3.24. The number of aromatic nitrogens is 1. The molecular formula is C13H20N4O2S. The molecule has 7 heteroatoms. The van der Waals surface area contributed by atoms with Gasteiger partial charge in [0.2, 0.25) is 0 Å². The van der Waals surface area contributed by atoms with Gasteiger partial charge in [0.1, 0.15) is 0 Å². The van der Waals surface area contributed by atoms with Crippen LogP contribution in [0.2, 0.25) is 0 Å². The third-order valence-corrected chi connectivity index (χ3v) is 5.53. The lowest BCUT2D eigenvalue weighted by molar-refractivity contribution is 0.401. The van der Waals surface area contributed by atoms with Crippen LogP contribution in [0.4, 0.5) is 5.69 Å². The lowest BCUT2D eigenvalue weighted by atomic mass is 9.99. The van der Waals surface area contributed by atoms with E-state index in [0.29, 0.717) is 30.0 Å². The summed E-state index contributed by atoms with van der Waals surface area (Å²) >= 11 is 0. The number of hydrazine groups is 1. The maximum Gasteiger partial charge on any atom is 0.260 e. The summed E-state index contributed by atoms with van der Waals surface area (Å²) in [5.74, 6) is 7.24. The topological polar surface area (TPSA) is 97.1 Å². The molecule has 2 saturated carbocycles. The zero-order chi connectivity index (χ0) is 14.2. The largest absolute Gasteiger partial charge is 0.321 e. The number of nitrogens with two attached hydrogens (primary N) is 1. The van der Waals surface area contributed by atoms with E-state index in [4.69, 9.17) is 5.84 Å². The van der Waals surface area contributed by atoms with Crippen molar-refractivity contribution >= 4 is 15.7 Å². The Kier molecular flexibility index (Phi) is 3.66. The summed E-state index contributed by atoms with van der Waals surface area (Å²) in [5, 5.41) is -0.0344. The maximum atomic E-state index is 12.3. The van der Waals surface area contributed by atoms with Gasteiger partial charge in [-0.3, -0.25) is 5.84 Å². The molecule has 0 aliphatic heterocycles. The molecule has 0 radical (unpaired) electrons. The molecule has 0 saturated heterocycles. The first kappa shape index (κ1) is 13.8. The molecule has 6 nitrogen and oxygen atoms in total. The molecule has 2 aliphatic rings. The number of hydrogen-bond donors (Lipinski definition) is 3. The van der Waals surface area contributed by atoms with Gasteiger partial charge >= 0.3 is 0 Å². The standard InChI is InChI=1S/C13H20N4O2S/c14-17-12-2-1-7-15-13(12)20(18,19)16-8-11(9-3-4-9)10-5-6-10/h1-2,7,9-11,16-17H,3-6,8,14H2. The minimum atomic E-state index is -3.61. The molecule has 0 amide bonds. The van der Waals surface area contributed by atoms with Gasteiger partial charge in [-0.15, -0.1) is 0 Å². The lowest BCUT2D eigenvalue weighted by Crippen LogP contribution is -2.32. The summed E-state index contributed by atoms with van der Waals surface area (Å²) in [6.07, 6.45) is 6.41. The molecule has 0 bridgehead atoms. The van der Waals surface area contributed by atoms with Crippen molar-refractivity contribution in [3.63, 3.8) is 0 Å². The van der Waals surface area contributed by atoms with E-state index in [0.717, 1.165) is 0 Å². The molecule has 0 unspecified atom stereocenters. The molecular weight excluding hydrogens is 276 g/mol. The van der Waals surface area contributed by atoms with Gasteiger partial charge in [0.15, 0.2) is 5.03 Å². The van der Waals surface area contributed by atoms with Crippen molar-refractivity contribution in [3.8, 4) is 0 Å². The Morgan fingerprint density at radius 2 is 1.95 bits per heavy atom. The van der Waals surface area contributed by atoms with Crippen LogP contribution in [-0.2, 0) is 10.0 Å². The predicted octanol–water partition coefficient (Wildman–Crippen LogP) is 1.08. The summed E-state index contributed by atoms with van der Waals surface area (Å²) < 4.78 is 27.4. The Hall–Kier alpha value is -1.18. The fourth-order valence-electron chi connectivity index (χ4n) is 2.76. The van der Waals surface area contributed by atoms with E-state index in [1.807, 2.05) is 0 Å². The Labute approximate surface area is 119 Å². The highest BCUT2D eigenvalue weighted by Gasteiger charge is 2.41. The van der Waals surface area contributed by atoms with Gasteiger partial charge in [-0.1, -0.05) is 0 Å². The second kappa shape index (κ2) is 5.31. The van der Waals surface area contributed by atoms with Crippen LogP contribution in [0, 0.1) is 17.8 Å². The van der Waals surface area contributed by atoms with Crippen LogP contribution in [0.15, 0.2) is 23.4 Å². The first-order chi connectivity index (χ1) is 9.62. The number of hydrogen-bond acceptors (Lipinski definition) is 5. The van der Waals surface area contributed by atoms with E-state index >= 15 is 0 Å². The fourth-order valence-corrected chi connectivity index (χ4v) is 3.92. The number of nitrogen functional groups attached to an aromatic ring is 1. The Morgan fingerprint density at radius 1 is 1.30 bits per heavy atom. The van der Waals surface area contributed by atoms with E-state index in [9.17, 15) is 8.42 Å². The predicted molar refractivity (Wildman–Crippen MR) is 76.2 cm³/mol. The number of nitrogens with zero attached hydrogens (tertiary/aromatic N) is 1. The van der Waals surface area contributed by atoms with Gasteiger partial charge < -0.3 is 5.43 Å². The molecule has 1 heterocycles. The number of pyridine rings is 1. The van der Waals surface area contributed by atoms with Crippen LogP contribution in [-0.4, -0.2) is 19.9 Å². The molecule has 0 spiro atoms. The highest BCUT2D eigenvalue weighted by Crippen LogP contribution is 2.48.